The van der Waals surface area contributed by atoms with Gasteiger partial charge in [0.25, 0.3) is 0 Å². The first kappa shape index (κ1) is 8.12. The van der Waals surface area contributed by atoms with Crippen molar-refractivity contribution in [2.45, 2.75) is 38.5 Å². The van der Waals surface area contributed by atoms with E-state index in [0.29, 0.717) is 0 Å². The van der Waals surface area contributed by atoms with E-state index in [-0.39, 0.29) is 5.50 Å². The summed E-state index contributed by atoms with van der Waals surface area (Å²) >= 11 is 0. The molecule has 0 aromatic heterocycles. The fourth-order valence-electron chi connectivity index (χ4n) is 1.39. The Morgan fingerprint density at radius 2 is 2.30 bits per heavy atom. The summed E-state index contributed by atoms with van der Waals surface area (Å²) in [6.45, 7) is 4.46. The van der Waals surface area contributed by atoms with Crippen molar-refractivity contribution in [3.63, 3.8) is 0 Å². The summed E-state index contributed by atoms with van der Waals surface area (Å²) in [4.78, 5) is 0. The molecule has 0 N–H and O–H groups in total. The number of ether oxygens (including phenoxy) is 1. The van der Waals surface area contributed by atoms with E-state index < -0.39 is 0 Å². The van der Waals surface area contributed by atoms with E-state index >= 15 is 0 Å². The quantitative estimate of drug-likeness (QED) is 0.504. The zero-order valence-electron chi connectivity index (χ0n) is 7.18. The molecule has 10 heavy (non-hydrogen) atoms. The van der Waals surface area contributed by atoms with Crippen LogP contribution in [0.2, 0.25) is 6.32 Å². The maximum atomic E-state index is 5.37. The maximum absolute atomic E-state index is 5.37. The minimum Gasteiger partial charge on any atom is -0.388 e. The molecule has 0 aromatic rings. The first-order valence-electron chi connectivity index (χ1n) is 4.06. The highest BCUT2D eigenvalue weighted by Crippen LogP contribution is 2.28. The first-order chi connectivity index (χ1) is 4.66. The van der Waals surface area contributed by atoms with Crippen molar-refractivity contribution in [1.82, 2.24) is 0 Å². The molecule has 1 aliphatic rings. The minimum atomic E-state index is 0.0759. The van der Waals surface area contributed by atoms with E-state index in [4.69, 9.17) is 4.74 Å². The molecule has 2 unspecified atom stereocenters. The normalized spacial score (nSPS) is 40.9. The van der Waals surface area contributed by atoms with Crippen molar-refractivity contribution in [2.24, 2.45) is 5.92 Å². The molecule has 1 nitrogen and oxygen atoms in total. The Kier molecular flexibility index (Phi) is 2.40. The molecule has 1 rings (SSSR count). The van der Waals surface area contributed by atoms with E-state index in [1.807, 2.05) is 0 Å². The van der Waals surface area contributed by atoms with Gasteiger partial charge in [0, 0.05) is 12.6 Å². The van der Waals surface area contributed by atoms with Gasteiger partial charge in [-0.15, -0.1) is 0 Å². The van der Waals surface area contributed by atoms with Gasteiger partial charge < -0.3 is 4.74 Å². The van der Waals surface area contributed by atoms with Gasteiger partial charge >= 0.3 is 0 Å². The molecule has 1 heterocycles. The summed E-state index contributed by atoms with van der Waals surface area (Å²) in [6.07, 6.45) is 3.70. The second-order valence-corrected chi connectivity index (χ2v) is 3.60. The van der Waals surface area contributed by atoms with Gasteiger partial charge in [-0.1, -0.05) is 19.2 Å². The second kappa shape index (κ2) is 2.95. The van der Waals surface area contributed by atoms with E-state index in [1.165, 1.54) is 19.2 Å². The van der Waals surface area contributed by atoms with Gasteiger partial charge in [0.05, 0.1) is 0 Å². The Morgan fingerprint density at radius 3 is 2.70 bits per heavy atom. The molecule has 0 saturated carbocycles. The van der Waals surface area contributed by atoms with E-state index in [2.05, 4.69) is 21.1 Å². The molecular formula is C8H16BO. The lowest BCUT2D eigenvalue weighted by molar-refractivity contribution is 0.0568. The molecule has 2 atom stereocenters. The zero-order chi connectivity index (χ0) is 7.61. The number of methoxy groups -OCH3 is 1. The third kappa shape index (κ3) is 1.75. The van der Waals surface area contributed by atoms with Crippen LogP contribution in [0.1, 0.15) is 26.7 Å². The van der Waals surface area contributed by atoms with Crippen LogP contribution in [0, 0.1) is 5.92 Å². The summed E-state index contributed by atoms with van der Waals surface area (Å²) in [7, 11) is 4.10. The van der Waals surface area contributed by atoms with Crippen molar-refractivity contribution in [3.8, 4) is 0 Å². The van der Waals surface area contributed by atoms with E-state index in [1.54, 1.807) is 7.11 Å². The van der Waals surface area contributed by atoms with E-state index in [0.717, 1.165) is 5.92 Å². The summed E-state index contributed by atoms with van der Waals surface area (Å²) < 4.78 is 5.37. The molecule has 0 aliphatic carbocycles. The fourth-order valence-corrected chi connectivity index (χ4v) is 1.39. The van der Waals surface area contributed by atoms with Crippen molar-refractivity contribution in [1.29, 1.82) is 0 Å². The van der Waals surface area contributed by atoms with Crippen LogP contribution < -0.4 is 0 Å². The van der Waals surface area contributed by atoms with Crippen LogP contribution in [0.25, 0.3) is 0 Å². The standard InChI is InChI=1S/C8H16BO/c1-7-4-5-8(2,10-3)9-6-7/h7H,4-6H2,1-3H3. The average Bonchev–Trinajstić information content (AvgIpc) is 1.96. The molecule has 57 valence electrons. The highest BCUT2D eigenvalue weighted by Gasteiger charge is 2.29. The summed E-state index contributed by atoms with van der Waals surface area (Å²) in [6, 6.07) is 0. The van der Waals surface area contributed by atoms with Gasteiger partial charge in [-0.2, -0.15) is 0 Å². The van der Waals surface area contributed by atoms with Gasteiger partial charge in [0.1, 0.15) is 0 Å². The minimum absolute atomic E-state index is 0.0759. The number of hydrogen-bond acceptors (Lipinski definition) is 1. The van der Waals surface area contributed by atoms with Crippen LogP contribution in [0.4, 0.5) is 0 Å². The Labute approximate surface area is 64.4 Å². The van der Waals surface area contributed by atoms with Crippen LogP contribution in [-0.4, -0.2) is 19.9 Å². The van der Waals surface area contributed by atoms with Gasteiger partial charge in [-0.25, -0.2) is 0 Å². The molecule has 0 aromatic carbocycles. The van der Waals surface area contributed by atoms with Crippen molar-refractivity contribution < 1.29 is 4.74 Å². The Hall–Kier alpha value is 0.0249. The highest BCUT2D eigenvalue weighted by atomic mass is 16.5. The van der Waals surface area contributed by atoms with Crippen molar-refractivity contribution >= 4 is 7.28 Å². The van der Waals surface area contributed by atoms with Gasteiger partial charge in [0.2, 0.25) is 0 Å². The highest BCUT2D eigenvalue weighted by molar-refractivity contribution is 6.39. The van der Waals surface area contributed by atoms with E-state index in [9.17, 15) is 0 Å². The van der Waals surface area contributed by atoms with Crippen LogP contribution in [-0.2, 0) is 4.74 Å². The molecule has 1 saturated heterocycles. The second-order valence-electron chi connectivity index (χ2n) is 3.60. The Bertz CT molecular complexity index is 106. The number of rotatable bonds is 1. The molecular weight excluding hydrogens is 123 g/mol. The predicted molar refractivity (Wildman–Crippen MR) is 44.4 cm³/mol. The maximum Gasteiger partial charge on any atom is 0.153 e. The fraction of sp³-hybridized carbons (Fsp3) is 1.00. The third-order valence-electron chi connectivity index (χ3n) is 2.55. The van der Waals surface area contributed by atoms with Gasteiger partial charge in [0.15, 0.2) is 7.28 Å². The van der Waals surface area contributed by atoms with Gasteiger partial charge in [-0.3, -0.25) is 0 Å². The molecule has 0 amide bonds. The monoisotopic (exact) mass is 139 g/mol. The van der Waals surface area contributed by atoms with Crippen molar-refractivity contribution in [3.05, 3.63) is 0 Å². The van der Waals surface area contributed by atoms with Crippen molar-refractivity contribution in [2.75, 3.05) is 7.11 Å². The Morgan fingerprint density at radius 1 is 1.60 bits per heavy atom. The lowest BCUT2D eigenvalue weighted by Crippen LogP contribution is -2.39. The molecule has 1 fully saturated rings. The predicted octanol–water partition coefficient (Wildman–Crippen LogP) is 1.90. The van der Waals surface area contributed by atoms with Crippen LogP contribution in [0.15, 0.2) is 0 Å². The lowest BCUT2D eigenvalue weighted by Gasteiger charge is -2.34. The van der Waals surface area contributed by atoms with Crippen LogP contribution in [0.3, 0.4) is 0 Å². The molecule has 2 heteroatoms. The molecule has 0 bridgehead atoms. The molecule has 0 spiro atoms. The lowest BCUT2D eigenvalue weighted by atomic mass is 9.50. The van der Waals surface area contributed by atoms with Crippen LogP contribution in [0.5, 0.6) is 0 Å². The molecule has 1 radical (unpaired) electrons. The zero-order valence-corrected chi connectivity index (χ0v) is 7.18. The first-order valence-corrected chi connectivity index (χ1v) is 4.06. The third-order valence-corrected chi connectivity index (χ3v) is 2.55. The SMILES string of the molecule is COC1(C)[B]CC(C)CC1. The Balaban J connectivity index is 2.38. The van der Waals surface area contributed by atoms with Gasteiger partial charge in [-0.05, 0) is 19.8 Å². The smallest absolute Gasteiger partial charge is 0.153 e. The van der Waals surface area contributed by atoms with Crippen LogP contribution >= 0.6 is 0 Å². The number of hydrogen-bond donors (Lipinski definition) is 0. The average molecular weight is 139 g/mol. The molecule has 1 aliphatic heterocycles. The summed E-state index contributed by atoms with van der Waals surface area (Å²) in [5.41, 5.74) is 0.0759. The topological polar surface area (TPSA) is 9.23 Å². The largest absolute Gasteiger partial charge is 0.388 e. The summed E-state index contributed by atoms with van der Waals surface area (Å²) in [5.74, 6) is 0.864. The summed E-state index contributed by atoms with van der Waals surface area (Å²) in [5, 5.41) is 0.